The van der Waals surface area contributed by atoms with Crippen LogP contribution in [0.5, 0.6) is 0 Å². The third-order valence-electron chi connectivity index (χ3n) is 4.17. The molecule has 3 aromatic rings. The Morgan fingerprint density at radius 3 is 2.72 bits per heavy atom. The molecule has 0 saturated carbocycles. The van der Waals surface area contributed by atoms with Crippen molar-refractivity contribution >= 4 is 34.4 Å². The number of nitrogens with one attached hydrogen (secondary N) is 1. The first-order valence-corrected chi connectivity index (χ1v) is 8.64. The third-order valence-corrected chi connectivity index (χ3v) is 4.17. The minimum Gasteiger partial charge on any atom is -0.456 e. The maximum atomic E-state index is 12.0. The summed E-state index contributed by atoms with van der Waals surface area (Å²) in [5.41, 5.74) is 1.78. The number of nitro benzene ring substituents is 1. The summed E-state index contributed by atoms with van der Waals surface area (Å²) in [5, 5.41) is 13.3. The van der Waals surface area contributed by atoms with Gasteiger partial charge in [-0.05, 0) is 30.7 Å². The number of para-hydroxylation sites is 2. The van der Waals surface area contributed by atoms with Crippen LogP contribution in [0, 0.1) is 17.0 Å². The van der Waals surface area contributed by atoms with E-state index in [0.29, 0.717) is 22.4 Å². The summed E-state index contributed by atoms with van der Waals surface area (Å²) in [7, 11) is 0. The van der Waals surface area contributed by atoms with Gasteiger partial charge in [-0.15, -0.1) is 0 Å². The van der Waals surface area contributed by atoms with Crippen LogP contribution in [0.1, 0.15) is 12.0 Å². The van der Waals surface area contributed by atoms with Gasteiger partial charge < -0.3 is 14.5 Å². The van der Waals surface area contributed by atoms with E-state index in [1.807, 2.05) is 0 Å². The zero-order chi connectivity index (χ0) is 21.0. The molecule has 0 spiro atoms. The van der Waals surface area contributed by atoms with Gasteiger partial charge in [0.15, 0.2) is 12.2 Å². The summed E-state index contributed by atoms with van der Waals surface area (Å²) < 4.78 is 11.3. The molecule has 2 aromatic carbocycles. The van der Waals surface area contributed by atoms with Crippen molar-refractivity contribution in [1.82, 2.24) is 4.57 Å². The van der Waals surface area contributed by atoms with Crippen molar-refractivity contribution in [2.45, 2.75) is 19.9 Å². The van der Waals surface area contributed by atoms with E-state index in [1.54, 1.807) is 31.2 Å². The van der Waals surface area contributed by atoms with E-state index in [1.165, 1.54) is 22.8 Å². The predicted octanol–water partition coefficient (Wildman–Crippen LogP) is 2.38. The molecule has 10 heteroatoms. The Balaban J connectivity index is 1.51. The van der Waals surface area contributed by atoms with Crippen molar-refractivity contribution in [3.05, 3.63) is 68.7 Å². The van der Waals surface area contributed by atoms with Crippen molar-refractivity contribution in [1.29, 1.82) is 0 Å². The number of carbonyl (C=O) groups is 2. The number of oxazole rings is 1. The van der Waals surface area contributed by atoms with Crippen molar-refractivity contribution in [3.63, 3.8) is 0 Å². The number of aromatic nitrogens is 1. The number of fused-ring (bicyclic) bond motifs is 1. The van der Waals surface area contributed by atoms with Crippen LogP contribution < -0.4 is 11.1 Å². The summed E-state index contributed by atoms with van der Waals surface area (Å²) in [6.45, 7) is 1.15. The number of hydrogen-bond acceptors (Lipinski definition) is 7. The van der Waals surface area contributed by atoms with Gasteiger partial charge in [0, 0.05) is 24.4 Å². The monoisotopic (exact) mass is 399 g/mol. The van der Waals surface area contributed by atoms with Crippen LogP contribution in [0.15, 0.2) is 51.7 Å². The van der Waals surface area contributed by atoms with E-state index in [2.05, 4.69) is 5.32 Å². The van der Waals surface area contributed by atoms with E-state index in [-0.39, 0.29) is 18.7 Å². The largest absolute Gasteiger partial charge is 0.456 e. The maximum Gasteiger partial charge on any atom is 0.419 e. The lowest BCUT2D eigenvalue weighted by Gasteiger charge is -2.09. The molecule has 0 fully saturated rings. The molecule has 0 radical (unpaired) electrons. The Kier molecular flexibility index (Phi) is 5.72. The number of anilines is 1. The van der Waals surface area contributed by atoms with Crippen molar-refractivity contribution in [2.75, 3.05) is 11.9 Å². The van der Waals surface area contributed by atoms with Gasteiger partial charge in [-0.25, -0.2) is 4.79 Å². The number of nitrogens with zero attached hydrogens (tertiary/aromatic N) is 2. The molecule has 1 amide bonds. The summed E-state index contributed by atoms with van der Waals surface area (Å²) in [6.07, 6.45) is -0.118. The molecule has 0 bridgehead atoms. The molecule has 29 heavy (non-hydrogen) atoms. The Bertz CT molecular complexity index is 1150. The smallest absolute Gasteiger partial charge is 0.419 e. The second kappa shape index (κ2) is 8.38. The molecule has 0 saturated heterocycles. The zero-order valence-electron chi connectivity index (χ0n) is 15.4. The highest BCUT2D eigenvalue weighted by Crippen LogP contribution is 2.21. The SMILES string of the molecule is Cc1cc([N+](=O)[O-])ccc1NC(=O)COC(=O)CCn1c(=O)oc2ccccc21. The highest BCUT2D eigenvalue weighted by atomic mass is 16.6. The van der Waals surface area contributed by atoms with Gasteiger partial charge in [0.1, 0.15) is 0 Å². The number of aryl methyl sites for hydroxylation is 2. The number of rotatable bonds is 7. The Labute approximate surface area is 163 Å². The summed E-state index contributed by atoms with van der Waals surface area (Å²) in [6, 6.07) is 10.8. The Morgan fingerprint density at radius 1 is 1.24 bits per heavy atom. The number of non-ortho nitro benzene ring substituents is 1. The molecule has 0 aliphatic rings. The first-order chi connectivity index (χ1) is 13.8. The molecular weight excluding hydrogens is 382 g/mol. The maximum absolute atomic E-state index is 12.0. The third kappa shape index (κ3) is 4.67. The quantitative estimate of drug-likeness (QED) is 0.366. The standard InChI is InChI=1S/C19H17N3O7/c1-12-10-13(22(26)27)6-7-14(12)20-17(23)11-28-18(24)8-9-21-15-4-2-3-5-16(15)29-19(21)25/h2-7,10H,8-9,11H2,1H3,(H,20,23). The molecule has 1 N–H and O–H groups in total. The van der Waals surface area contributed by atoms with Gasteiger partial charge >= 0.3 is 11.7 Å². The molecule has 0 aliphatic carbocycles. The first-order valence-electron chi connectivity index (χ1n) is 8.64. The topological polar surface area (TPSA) is 134 Å². The summed E-state index contributed by atoms with van der Waals surface area (Å²) >= 11 is 0. The van der Waals surface area contributed by atoms with Gasteiger partial charge in [0.2, 0.25) is 0 Å². The molecule has 1 aromatic heterocycles. The number of carbonyl (C=O) groups excluding carboxylic acids is 2. The minimum absolute atomic E-state index is 0.0533. The fourth-order valence-electron chi connectivity index (χ4n) is 2.73. The number of esters is 1. The van der Waals surface area contributed by atoms with E-state index in [4.69, 9.17) is 9.15 Å². The van der Waals surface area contributed by atoms with E-state index < -0.39 is 29.2 Å². The highest BCUT2D eigenvalue weighted by Gasteiger charge is 2.14. The second-order valence-electron chi connectivity index (χ2n) is 6.20. The second-order valence-corrected chi connectivity index (χ2v) is 6.20. The molecule has 0 unspecified atom stereocenters. The van der Waals surface area contributed by atoms with Gasteiger partial charge in [0.25, 0.3) is 11.6 Å². The molecule has 0 atom stereocenters. The average Bonchev–Trinajstić information content (AvgIpc) is 3.01. The van der Waals surface area contributed by atoms with E-state index >= 15 is 0 Å². The van der Waals surface area contributed by atoms with Gasteiger partial charge in [-0.1, -0.05) is 12.1 Å². The highest BCUT2D eigenvalue weighted by molar-refractivity contribution is 5.93. The Hall–Kier alpha value is -3.95. The van der Waals surface area contributed by atoms with Crippen molar-refractivity contribution in [3.8, 4) is 0 Å². The fourth-order valence-corrected chi connectivity index (χ4v) is 2.73. The lowest BCUT2D eigenvalue weighted by Crippen LogP contribution is -2.23. The zero-order valence-corrected chi connectivity index (χ0v) is 15.4. The number of nitro groups is 1. The molecule has 10 nitrogen and oxygen atoms in total. The lowest BCUT2D eigenvalue weighted by molar-refractivity contribution is -0.384. The van der Waals surface area contributed by atoms with Crippen molar-refractivity contribution in [2.24, 2.45) is 0 Å². The first kappa shape index (κ1) is 19.8. The van der Waals surface area contributed by atoms with Crippen molar-refractivity contribution < 1.29 is 23.7 Å². The van der Waals surface area contributed by atoms with Crippen LogP contribution in [0.4, 0.5) is 11.4 Å². The predicted molar refractivity (Wildman–Crippen MR) is 103 cm³/mol. The molecule has 3 rings (SSSR count). The van der Waals surface area contributed by atoms with Crippen LogP contribution in [-0.2, 0) is 20.9 Å². The number of hydrogen-bond donors (Lipinski definition) is 1. The summed E-state index contributed by atoms with van der Waals surface area (Å²) in [4.78, 5) is 45.9. The van der Waals surface area contributed by atoms with E-state index in [9.17, 15) is 24.5 Å². The van der Waals surface area contributed by atoms with Crippen LogP contribution in [-0.4, -0.2) is 28.0 Å². The van der Waals surface area contributed by atoms with E-state index in [0.717, 1.165) is 0 Å². The number of ether oxygens (including phenoxy) is 1. The molecule has 150 valence electrons. The molecule has 1 heterocycles. The summed E-state index contributed by atoms with van der Waals surface area (Å²) in [5.74, 6) is -1.82. The van der Waals surface area contributed by atoms with Crippen LogP contribution >= 0.6 is 0 Å². The normalized spacial score (nSPS) is 10.7. The van der Waals surface area contributed by atoms with Gasteiger partial charge in [-0.3, -0.25) is 24.3 Å². The number of benzene rings is 2. The molecule has 0 aliphatic heterocycles. The molecular formula is C19H17N3O7. The number of amides is 1. The fraction of sp³-hybridized carbons (Fsp3) is 0.211. The van der Waals surface area contributed by atoms with Crippen LogP contribution in [0.3, 0.4) is 0 Å². The van der Waals surface area contributed by atoms with Gasteiger partial charge in [0.05, 0.1) is 16.9 Å². The van der Waals surface area contributed by atoms with Crippen LogP contribution in [0.2, 0.25) is 0 Å². The average molecular weight is 399 g/mol. The van der Waals surface area contributed by atoms with Crippen LogP contribution in [0.25, 0.3) is 11.1 Å². The lowest BCUT2D eigenvalue weighted by atomic mass is 10.2. The Morgan fingerprint density at radius 2 is 2.00 bits per heavy atom. The van der Waals surface area contributed by atoms with Gasteiger partial charge in [-0.2, -0.15) is 0 Å². The minimum atomic E-state index is -0.655.